The molecule has 1 aliphatic rings. The van der Waals surface area contributed by atoms with E-state index in [9.17, 15) is 4.79 Å². The number of rotatable bonds is 6. The molecule has 27 heavy (non-hydrogen) atoms. The van der Waals surface area contributed by atoms with E-state index in [4.69, 9.17) is 13.9 Å². The number of nitrogens with zero attached hydrogens (tertiary/aromatic N) is 1. The number of ketones is 1. The van der Waals surface area contributed by atoms with Gasteiger partial charge in [-0.1, -0.05) is 44.2 Å². The summed E-state index contributed by atoms with van der Waals surface area (Å²) in [5.41, 5.74) is 3.01. The van der Waals surface area contributed by atoms with Gasteiger partial charge in [0.1, 0.15) is 5.76 Å². The zero-order valence-electron chi connectivity index (χ0n) is 15.5. The molecule has 0 aliphatic carbocycles. The van der Waals surface area contributed by atoms with Gasteiger partial charge in [-0.05, 0) is 24.1 Å². The molecule has 0 bridgehead atoms. The van der Waals surface area contributed by atoms with Gasteiger partial charge >= 0.3 is 0 Å². The van der Waals surface area contributed by atoms with Crippen molar-refractivity contribution in [2.75, 3.05) is 6.79 Å². The van der Waals surface area contributed by atoms with Gasteiger partial charge in [0.25, 0.3) is 0 Å². The first-order valence-corrected chi connectivity index (χ1v) is 9.19. The van der Waals surface area contributed by atoms with E-state index in [1.54, 1.807) is 6.07 Å². The van der Waals surface area contributed by atoms with Gasteiger partial charge in [0.2, 0.25) is 6.79 Å². The van der Waals surface area contributed by atoms with Crippen LogP contribution in [0.4, 0.5) is 0 Å². The van der Waals surface area contributed by atoms with E-state index in [1.807, 2.05) is 43.3 Å². The molecule has 0 fully saturated rings. The molecule has 0 atom stereocenters. The molecule has 0 saturated carbocycles. The lowest BCUT2D eigenvalue weighted by molar-refractivity contribution is 0.103. The summed E-state index contributed by atoms with van der Waals surface area (Å²) >= 11 is 0. The highest BCUT2D eigenvalue weighted by Gasteiger charge is 2.23. The highest BCUT2D eigenvalue weighted by atomic mass is 16.7. The number of carbonyl (C=O) groups excluding carboxylic acids is 1. The van der Waals surface area contributed by atoms with Crippen molar-refractivity contribution in [1.29, 1.82) is 0 Å². The van der Waals surface area contributed by atoms with Crippen LogP contribution in [0.15, 0.2) is 46.9 Å². The van der Waals surface area contributed by atoms with Crippen LogP contribution in [-0.2, 0) is 19.3 Å². The van der Waals surface area contributed by atoms with E-state index in [1.165, 1.54) is 0 Å². The summed E-state index contributed by atoms with van der Waals surface area (Å²) in [5.74, 6) is 2.71. The Labute approximate surface area is 157 Å². The van der Waals surface area contributed by atoms with Gasteiger partial charge in [-0.15, -0.1) is 0 Å². The van der Waals surface area contributed by atoms with Crippen LogP contribution in [0.25, 0.3) is 0 Å². The Hall–Kier alpha value is -3.08. The molecule has 0 radical (unpaired) electrons. The monoisotopic (exact) mass is 363 g/mol. The Bertz CT molecular complexity index is 954. The maximum absolute atomic E-state index is 13.1. The van der Waals surface area contributed by atoms with Crippen LogP contribution in [0, 0.1) is 0 Å². The van der Waals surface area contributed by atoms with Crippen LogP contribution >= 0.6 is 0 Å². The molecule has 2 heterocycles. The van der Waals surface area contributed by atoms with E-state index in [0.29, 0.717) is 34.9 Å². The Morgan fingerprint density at radius 2 is 1.78 bits per heavy atom. The average molecular weight is 363 g/mol. The summed E-state index contributed by atoms with van der Waals surface area (Å²) in [6.07, 6.45) is 2.05. The fraction of sp³-hybridized carbons (Fsp3) is 0.273. The largest absolute Gasteiger partial charge is 0.454 e. The van der Waals surface area contributed by atoms with Gasteiger partial charge in [-0.25, -0.2) is 4.98 Å². The fourth-order valence-electron chi connectivity index (χ4n) is 3.31. The van der Waals surface area contributed by atoms with Crippen molar-refractivity contribution in [1.82, 2.24) is 4.98 Å². The SMILES string of the molecule is CCc1nc(Cc2cc3c(cc2C(=O)c2ccccc2)OCO3)oc1CC. The molecule has 0 unspecified atom stereocenters. The second kappa shape index (κ2) is 7.27. The molecule has 0 amide bonds. The van der Waals surface area contributed by atoms with E-state index in [2.05, 4.69) is 11.9 Å². The molecule has 2 aromatic carbocycles. The molecule has 0 spiro atoms. The molecule has 138 valence electrons. The minimum Gasteiger partial charge on any atom is -0.454 e. The van der Waals surface area contributed by atoms with Gasteiger partial charge in [0.15, 0.2) is 23.2 Å². The summed E-state index contributed by atoms with van der Waals surface area (Å²) in [4.78, 5) is 17.7. The lowest BCUT2D eigenvalue weighted by Gasteiger charge is -2.09. The van der Waals surface area contributed by atoms with Crippen LogP contribution in [0.5, 0.6) is 11.5 Å². The van der Waals surface area contributed by atoms with Gasteiger partial charge in [-0.3, -0.25) is 4.79 Å². The minimum atomic E-state index is -0.0538. The zero-order valence-corrected chi connectivity index (χ0v) is 15.5. The number of fused-ring (bicyclic) bond motifs is 1. The third-order valence-corrected chi connectivity index (χ3v) is 4.70. The van der Waals surface area contributed by atoms with Crippen molar-refractivity contribution in [2.24, 2.45) is 0 Å². The average Bonchev–Trinajstić information content (AvgIpc) is 3.33. The van der Waals surface area contributed by atoms with Crippen LogP contribution in [0.1, 0.15) is 52.7 Å². The van der Waals surface area contributed by atoms with E-state index in [-0.39, 0.29) is 12.6 Å². The molecule has 0 saturated heterocycles. The third kappa shape index (κ3) is 3.33. The first kappa shape index (κ1) is 17.3. The van der Waals surface area contributed by atoms with E-state index in [0.717, 1.165) is 29.9 Å². The molecule has 1 aliphatic heterocycles. The number of hydrogen-bond donors (Lipinski definition) is 0. The van der Waals surface area contributed by atoms with Crippen molar-refractivity contribution in [3.05, 3.63) is 76.5 Å². The lowest BCUT2D eigenvalue weighted by atomic mass is 9.96. The fourth-order valence-corrected chi connectivity index (χ4v) is 3.31. The van der Waals surface area contributed by atoms with Crippen LogP contribution in [0.3, 0.4) is 0 Å². The van der Waals surface area contributed by atoms with Gasteiger partial charge in [0.05, 0.1) is 12.1 Å². The standard InChI is InChI=1S/C22H21NO4/c1-3-17-18(4-2)27-21(23-17)11-15-10-19-20(26-13-25-19)12-16(15)22(24)14-8-6-5-7-9-14/h5-10,12H,3-4,11,13H2,1-2H3. The first-order valence-electron chi connectivity index (χ1n) is 9.19. The Kier molecular flexibility index (Phi) is 4.67. The van der Waals surface area contributed by atoms with Gasteiger partial charge in [0, 0.05) is 17.5 Å². The highest BCUT2D eigenvalue weighted by Crippen LogP contribution is 2.36. The number of oxazole rings is 1. The first-order chi connectivity index (χ1) is 13.2. The van der Waals surface area contributed by atoms with Crippen molar-refractivity contribution < 1.29 is 18.7 Å². The van der Waals surface area contributed by atoms with Gasteiger partial charge in [-0.2, -0.15) is 0 Å². The Morgan fingerprint density at radius 3 is 2.44 bits per heavy atom. The summed E-state index contributed by atoms with van der Waals surface area (Å²) in [6, 6.07) is 12.8. The predicted molar refractivity (Wildman–Crippen MR) is 101 cm³/mol. The highest BCUT2D eigenvalue weighted by molar-refractivity contribution is 6.10. The molecule has 4 rings (SSSR count). The zero-order chi connectivity index (χ0) is 18.8. The number of aryl methyl sites for hydroxylation is 2. The second-order valence-electron chi connectivity index (χ2n) is 6.42. The number of aromatic nitrogens is 1. The number of hydrogen-bond acceptors (Lipinski definition) is 5. The van der Waals surface area contributed by atoms with Crippen LogP contribution < -0.4 is 9.47 Å². The van der Waals surface area contributed by atoms with Gasteiger partial charge < -0.3 is 13.9 Å². The third-order valence-electron chi connectivity index (χ3n) is 4.70. The summed E-state index contributed by atoms with van der Waals surface area (Å²) in [6.45, 7) is 4.27. The second-order valence-corrected chi connectivity index (χ2v) is 6.42. The van der Waals surface area contributed by atoms with Crippen molar-refractivity contribution in [2.45, 2.75) is 33.1 Å². The predicted octanol–water partition coefficient (Wildman–Crippen LogP) is 4.35. The molecule has 0 N–H and O–H groups in total. The van der Waals surface area contributed by atoms with Crippen molar-refractivity contribution in [3.63, 3.8) is 0 Å². The summed E-state index contributed by atoms with van der Waals surface area (Å²) < 4.78 is 16.9. The molecular weight excluding hydrogens is 342 g/mol. The number of ether oxygens (including phenoxy) is 2. The van der Waals surface area contributed by atoms with Crippen molar-refractivity contribution in [3.8, 4) is 11.5 Å². The number of benzene rings is 2. The Morgan fingerprint density at radius 1 is 1.04 bits per heavy atom. The molecular formula is C22H21NO4. The summed E-state index contributed by atoms with van der Waals surface area (Å²) in [7, 11) is 0. The molecule has 1 aromatic heterocycles. The van der Waals surface area contributed by atoms with Crippen molar-refractivity contribution >= 4 is 5.78 Å². The maximum Gasteiger partial charge on any atom is 0.231 e. The number of carbonyl (C=O) groups is 1. The van der Waals surface area contributed by atoms with E-state index < -0.39 is 0 Å². The molecule has 3 aromatic rings. The van der Waals surface area contributed by atoms with Crippen LogP contribution in [0.2, 0.25) is 0 Å². The van der Waals surface area contributed by atoms with Crippen LogP contribution in [-0.4, -0.2) is 17.6 Å². The van der Waals surface area contributed by atoms with E-state index >= 15 is 0 Å². The minimum absolute atomic E-state index is 0.0538. The smallest absolute Gasteiger partial charge is 0.231 e. The normalized spacial score (nSPS) is 12.4. The lowest BCUT2D eigenvalue weighted by Crippen LogP contribution is -2.06. The molecule has 5 nitrogen and oxygen atoms in total. The quantitative estimate of drug-likeness (QED) is 0.609. The topological polar surface area (TPSA) is 61.6 Å². The molecule has 5 heteroatoms. The maximum atomic E-state index is 13.1. The summed E-state index contributed by atoms with van der Waals surface area (Å²) in [5, 5.41) is 0. The Balaban J connectivity index is 1.75.